The number of aryl methyl sites for hydroxylation is 1. The predicted octanol–water partition coefficient (Wildman–Crippen LogP) is 1.50. The Balaban J connectivity index is 1.74. The van der Waals surface area contributed by atoms with Crippen LogP contribution in [0.25, 0.3) is 0 Å². The second-order valence-corrected chi connectivity index (χ2v) is 5.12. The average Bonchev–Trinajstić information content (AvgIpc) is 3.02. The maximum Gasteiger partial charge on any atom is 0.387 e. The molecular weight excluding hydrogens is 368 g/mol. The number of ether oxygens (including phenoxy) is 2. The molecule has 0 aliphatic rings. The molecule has 0 atom stereocenters. The zero-order valence-electron chi connectivity index (χ0n) is 14.0. The quantitative estimate of drug-likeness (QED) is 0.663. The Morgan fingerprint density at radius 1 is 1.26 bits per heavy atom. The Morgan fingerprint density at radius 3 is 2.70 bits per heavy atom. The lowest BCUT2D eigenvalue weighted by Gasteiger charge is -2.08. The highest BCUT2D eigenvalue weighted by Gasteiger charge is 2.13. The molecule has 0 unspecified atom stereocenters. The van der Waals surface area contributed by atoms with Crippen LogP contribution in [0.5, 0.6) is 5.75 Å². The van der Waals surface area contributed by atoms with Gasteiger partial charge < -0.3 is 24.6 Å². The number of hydrogen-bond donors (Lipinski definition) is 2. The van der Waals surface area contributed by atoms with Crippen LogP contribution < -0.4 is 15.4 Å². The maximum atomic E-state index is 12.2. The molecular formula is C16H15F2N3O6. The highest BCUT2D eigenvalue weighted by molar-refractivity contribution is 5.96. The summed E-state index contributed by atoms with van der Waals surface area (Å²) in [5.74, 6) is -1.73. The summed E-state index contributed by atoms with van der Waals surface area (Å²) in [5.41, 5.74) is 0.0140. The van der Waals surface area contributed by atoms with E-state index >= 15 is 0 Å². The van der Waals surface area contributed by atoms with Crippen molar-refractivity contribution in [1.82, 2.24) is 10.5 Å². The van der Waals surface area contributed by atoms with Gasteiger partial charge in [-0.2, -0.15) is 8.78 Å². The first-order valence-electron chi connectivity index (χ1n) is 7.55. The van der Waals surface area contributed by atoms with E-state index in [-0.39, 0.29) is 17.1 Å². The van der Waals surface area contributed by atoms with Gasteiger partial charge in [0.05, 0.1) is 0 Å². The third-order valence-electron chi connectivity index (χ3n) is 2.97. The van der Waals surface area contributed by atoms with Crippen LogP contribution in [0.1, 0.15) is 16.1 Å². The van der Waals surface area contributed by atoms with Crippen LogP contribution in [-0.2, 0) is 14.3 Å². The van der Waals surface area contributed by atoms with E-state index in [1.165, 1.54) is 24.3 Å². The molecule has 0 saturated heterocycles. The molecule has 0 saturated carbocycles. The number of carbonyl (C=O) groups excluding carboxylic acids is 3. The summed E-state index contributed by atoms with van der Waals surface area (Å²) in [5, 5.41) is 8.13. The normalized spacial score (nSPS) is 10.4. The number of nitrogens with zero attached hydrogens (tertiary/aromatic N) is 1. The minimum Gasteiger partial charge on any atom is -0.454 e. The molecule has 9 nitrogen and oxygen atoms in total. The fraction of sp³-hybridized carbons (Fsp3) is 0.250. The maximum absolute atomic E-state index is 12.2. The molecule has 144 valence electrons. The van der Waals surface area contributed by atoms with Crippen molar-refractivity contribution >= 4 is 23.6 Å². The van der Waals surface area contributed by atoms with E-state index in [1.54, 1.807) is 6.92 Å². The summed E-state index contributed by atoms with van der Waals surface area (Å²) in [6.07, 6.45) is 0. The molecule has 0 fully saturated rings. The lowest BCUT2D eigenvalue weighted by Crippen LogP contribution is -2.32. The van der Waals surface area contributed by atoms with Crippen molar-refractivity contribution in [3.8, 4) is 5.75 Å². The first kappa shape index (κ1) is 19.8. The van der Waals surface area contributed by atoms with Crippen molar-refractivity contribution in [2.24, 2.45) is 0 Å². The summed E-state index contributed by atoms with van der Waals surface area (Å²) in [7, 11) is 0. The summed E-state index contributed by atoms with van der Waals surface area (Å²) >= 11 is 0. The summed E-state index contributed by atoms with van der Waals surface area (Å²) in [6, 6.07) is 6.53. The van der Waals surface area contributed by atoms with E-state index in [0.29, 0.717) is 5.76 Å². The topological polar surface area (TPSA) is 120 Å². The molecule has 2 amide bonds. The van der Waals surface area contributed by atoms with Gasteiger partial charge >= 0.3 is 12.6 Å². The Labute approximate surface area is 151 Å². The number of nitrogens with one attached hydrogen (secondary N) is 2. The van der Waals surface area contributed by atoms with E-state index in [2.05, 4.69) is 20.5 Å². The van der Waals surface area contributed by atoms with Crippen molar-refractivity contribution in [1.29, 1.82) is 0 Å². The lowest BCUT2D eigenvalue weighted by molar-refractivity contribution is -0.146. The largest absolute Gasteiger partial charge is 0.454 e. The monoisotopic (exact) mass is 383 g/mol. The third-order valence-corrected chi connectivity index (χ3v) is 2.97. The number of amides is 2. The fourth-order valence-electron chi connectivity index (χ4n) is 1.87. The number of rotatable bonds is 8. The van der Waals surface area contributed by atoms with Gasteiger partial charge in [-0.3, -0.25) is 14.4 Å². The Morgan fingerprint density at radius 2 is 2.04 bits per heavy atom. The highest BCUT2D eigenvalue weighted by atomic mass is 19.3. The Kier molecular flexibility index (Phi) is 6.80. The number of esters is 1. The van der Waals surface area contributed by atoms with Crippen LogP contribution in [0.2, 0.25) is 0 Å². The van der Waals surface area contributed by atoms with Gasteiger partial charge in [-0.1, -0.05) is 11.2 Å². The zero-order chi connectivity index (χ0) is 19.8. The van der Waals surface area contributed by atoms with E-state index in [1.807, 2.05) is 0 Å². The first-order valence-corrected chi connectivity index (χ1v) is 7.55. The standard InChI is InChI=1S/C16H15F2N3O6/c1-9-5-12(21-27-9)20-13(22)8-25-14(23)7-19-15(24)10-3-2-4-11(6-10)26-16(17)18/h2-6,16H,7-8H2,1H3,(H,19,24)(H,20,21,22). The molecule has 11 heteroatoms. The van der Waals surface area contributed by atoms with Crippen molar-refractivity contribution in [3.05, 3.63) is 41.7 Å². The van der Waals surface area contributed by atoms with Crippen LogP contribution in [0.4, 0.5) is 14.6 Å². The van der Waals surface area contributed by atoms with Gasteiger partial charge in [0.2, 0.25) is 0 Å². The molecule has 0 spiro atoms. The van der Waals surface area contributed by atoms with Crippen molar-refractivity contribution in [2.45, 2.75) is 13.5 Å². The van der Waals surface area contributed by atoms with Gasteiger partial charge in [0.1, 0.15) is 18.1 Å². The van der Waals surface area contributed by atoms with E-state index in [4.69, 9.17) is 9.26 Å². The van der Waals surface area contributed by atoms with Crippen LogP contribution in [0.15, 0.2) is 34.9 Å². The molecule has 2 N–H and O–H groups in total. The smallest absolute Gasteiger partial charge is 0.387 e. The summed E-state index contributed by atoms with van der Waals surface area (Å²) in [4.78, 5) is 35.1. The van der Waals surface area contributed by atoms with Crippen molar-refractivity contribution in [3.63, 3.8) is 0 Å². The predicted molar refractivity (Wildman–Crippen MR) is 86.2 cm³/mol. The SMILES string of the molecule is Cc1cc(NC(=O)COC(=O)CNC(=O)c2cccc(OC(F)F)c2)no1. The summed E-state index contributed by atoms with van der Waals surface area (Å²) < 4.78 is 38.0. The number of hydrogen-bond acceptors (Lipinski definition) is 7. The number of aromatic nitrogens is 1. The lowest BCUT2D eigenvalue weighted by atomic mass is 10.2. The minimum atomic E-state index is -3.02. The van der Waals surface area contributed by atoms with E-state index in [9.17, 15) is 23.2 Å². The number of benzene rings is 1. The van der Waals surface area contributed by atoms with Gasteiger partial charge in [-0.25, -0.2) is 0 Å². The molecule has 0 aliphatic heterocycles. The highest BCUT2D eigenvalue weighted by Crippen LogP contribution is 2.15. The molecule has 1 aromatic heterocycles. The second-order valence-electron chi connectivity index (χ2n) is 5.12. The number of alkyl halides is 2. The second kappa shape index (κ2) is 9.27. The van der Waals surface area contributed by atoms with Crippen LogP contribution >= 0.6 is 0 Å². The average molecular weight is 383 g/mol. The molecule has 0 aliphatic carbocycles. The van der Waals surface area contributed by atoms with Crippen LogP contribution in [-0.4, -0.2) is 42.7 Å². The first-order chi connectivity index (χ1) is 12.8. The Hall–Kier alpha value is -3.50. The fourth-order valence-corrected chi connectivity index (χ4v) is 1.87. The molecule has 0 radical (unpaired) electrons. The van der Waals surface area contributed by atoms with Crippen LogP contribution in [0.3, 0.4) is 0 Å². The number of carbonyl (C=O) groups is 3. The van der Waals surface area contributed by atoms with Gasteiger partial charge in [-0.05, 0) is 25.1 Å². The molecule has 1 heterocycles. The molecule has 2 aromatic rings. The van der Waals surface area contributed by atoms with Gasteiger partial charge in [-0.15, -0.1) is 0 Å². The Bertz CT molecular complexity index is 824. The van der Waals surface area contributed by atoms with E-state index < -0.39 is 37.5 Å². The minimum absolute atomic E-state index is 0.0140. The van der Waals surface area contributed by atoms with E-state index in [0.717, 1.165) is 6.07 Å². The van der Waals surface area contributed by atoms with Crippen molar-refractivity contribution < 1.29 is 37.2 Å². The number of anilines is 1. The van der Waals surface area contributed by atoms with Crippen LogP contribution in [0, 0.1) is 6.92 Å². The summed E-state index contributed by atoms with van der Waals surface area (Å²) in [6.45, 7) is -2.49. The van der Waals surface area contributed by atoms with Gasteiger partial charge in [0.15, 0.2) is 12.4 Å². The number of halogens is 2. The van der Waals surface area contributed by atoms with Crippen molar-refractivity contribution in [2.75, 3.05) is 18.5 Å². The molecule has 1 aromatic carbocycles. The third kappa shape index (κ3) is 6.72. The molecule has 27 heavy (non-hydrogen) atoms. The zero-order valence-corrected chi connectivity index (χ0v) is 14.0. The van der Waals surface area contributed by atoms with Gasteiger partial charge in [0.25, 0.3) is 11.8 Å². The van der Waals surface area contributed by atoms with Gasteiger partial charge in [0, 0.05) is 11.6 Å². The molecule has 0 bridgehead atoms. The molecule has 2 rings (SSSR count).